The molecule has 0 aliphatic carbocycles. The number of para-hydroxylation sites is 1. The minimum absolute atomic E-state index is 0.0953. The first-order chi connectivity index (χ1) is 12.0. The molecule has 0 spiro atoms. The third-order valence-electron chi connectivity index (χ3n) is 4.99. The number of rotatable bonds is 3. The van der Waals surface area contributed by atoms with E-state index in [1.165, 1.54) is 4.31 Å². The predicted molar refractivity (Wildman–Crippen MR) is 97.4 cm³/mol. The third-order valence-corrected chi connectivity index (χ3v) is 6.78. The number of nitrogens with zero attached hydrogens (tertiary/aromatic N) is 2. The van der Waals surface area contributed by atoms with Gasteiger partial charge in [-0.1, -0.05) is 25.1 Å². The number of anilines is 2. The van der Waals surface area contributed by atoms with Gasteiger partial charge in [-0.3, -0.25) is 9.10 Å². The van der Waals surface area contributed by atoms with E-state index in [9.17, 15) is 13.2 Å². The molecular weight excluding hydrogens is 336 g/mol. The van der Waals surface area contributed by atoms with Gasteiger partial charge in [0.2, 0.25) is 5.91 Å². The first-order valence-electron chi connectivity index (χ1n) is 8.50. The van der Waals surface area contributed by atoms with Crippen LogP contribution in [0, 0.1) is 0 Å². The molecule has 25 heavy (non-hydrogen) atoms. The molecule has 2 heterocycles. The maximum Gasteiger partial charge on any atom is 0.264 e. The van der Waals surface area contributed by atoms with Crippen LogP contribution in [0.1, 0.15) is 31.2 Å². The molecule has 1 unspecified atom stereocenters. The normalized spacial score (nSPS) is 20.2. The van der Waals surface area contributed by atoms with E-state index in [0.29, 0.717) is 19.5 Å². The van der Waals surface area contributed by atoms with Gasteiger partial charge >= 0.3 is 0 Å². The van der Waals surface area contributed by atoms with Crippen molar-refractivity contribution in [3.05, 3.63) is 54.1 Å². The lowest BCUT2D eigenvalue weighted by molar-refractivity contribution is -0.117. The summed E-state index contributed by atoms with van der Waals surface area (Å²) in [7, 11) is -3.61. The van der Waals surface area contributed by atoms with E-state index >= 15 is 0 Å². The standard InChI is InChI=1S/C19H20N2O3S/c1-14-13-21(18-6-3-2-5-17(14)18)25(23,24)16-10-8-15(9-11-16)20-12-4-7-19(20)22/h2-3,5-6,8-11,14H,4,7,12-13H2,1H3. The fourth-order valence-electron chi connectivity index (χ4n) is 3.65. The molecule has 0 aromatic heterocycles. The van der Waals surface area contributed by atoms with Crippen molar-refractivity contribution < 1.29 is 13.2 Å². The molecule has 2 aliphatic rings. The summed E-state index contributed by atoms with van der Waals surface area (Å²) in [6, 6.07) is 14.3. The highest BCUT2D eigenvalue weighted by atomic mass is 32.2. The molecule has 1 amide bonds. The highest BCUT2D eigenvalue weighted by Crippen LogP contribution is 2.39. The predicted octanol–water partition coefficient (Wildman–Crippen LogP) is 3.13. The van der Waals surface area contributed by atoms with Gasteiger partial charge in [-0.05, 0) is 42.3 Å². The highest BCUT2D eigenvalue weighted by molar-refractivity contribution is 7.92. The van der Waals surface area contributed by atoms with Crippen LogP contribution in [0.5, 0.6) is 0 Å². The molecule has 0 saturated carbocycles. The van der Waals surface area contributed by atoms with Gasteiger partial charge in [0.25, 0.3) is 10.0 Å². The summed E-state index contributed by atoms with van der Waals surface area (Å²) < 4.78 is 27.7. The SMILES string of the molecule is CC1CN(S(=O)(=O)c2ccc(N3CCCC3=O)cc2)c2ccccc21. The van der Waals surface area contributed by atoms with Crippen molar-refractivity contribution in [3.8, 4) is 0 Å². The summed E-state index contributed by atoms with van der Waals surface area (Å²) in [5, 5.41) is 0. The third kappa shape index (κ3) is 2.61. The van der Waals surface area contributed by atoms with Crippen molar-refractivity contribution in [1.82, 2.24) is 0 Å². The number of hydrogen-bond donors (Lipinski definition) is 0. The Hall–Kier alpha value is -2.34. The molecule has 6 heteroatoms. The van der Waals surface area contributed by atoms with Gasteiger partial charge in [-0.2, -0.15) is 0 Å². The molecule has 5 nitrogen and oxygen atoms in total. The van der Waals surface area contributed by atoms with Crippen LogP contribution in [0.4, 0.5) is 11.4 Å². The van der Waals surface area contributed by atoms with Crippen molar-refractivity contribution in [3.63, 3.8) is 0 Å². The molecule has 1 atom stereocenters. The zero-order valence-corrected chi connectivity index (χ0v) is 14.9. The van der Waals surface area contributed by atoms with Crippen molar-refractivity contribution in [2.24, 2.45) is 0 Å². The topological polar surface area (TPSA) is 57.7 Å². The number of benzene rings is 2. The lowest BCUT2D eigenvalue weighted by Gasteiger charge is -2.21. The second-order valence-electron chi connectivity index (χ2n) is 6.64. The number of fused-ring (bicyclic) bond motifs is 1. The Morgan fingerprint density at radius 1 is 1.04 bits per heavy atom. The van der Waals surface area contributed by atoms with Crippen LogP contribution in [-0.4, -0.2) is 27.4 Å². The van der Waals surface area contributed by atoms with Gasteiger partial charge in [0, 0.05) is 31.1 Å². The molecule has 2 aromatic carbocycles. The Labute approximate surface area is 147 Å². The van der Waals surface area contributed by atoms with Crippen molar-refractivity contribution in [1.29, 1.82) is 0 Å². The molecule has 130 valence electrons. The highest BCUT2D eigenvalue weighted by Gasteiger charge is 2.34. The van der Waals surface area contributed by atoms with Gasteiger partial charge in [0.15, 0.2) is 0 Å². The van der Waals surface area contributed by atoms with Gasteiger partial charge in [-0.25, -0.2) is 8.42 Å². The maximum absolute atomic E-state index is 13.1. The Morgan fingerprint density at radius 2 is 1.76 bits per heavy atom. The van der Waals surface area contributed by atoms with Crippen molar-refractivity contribution in [2.45, 2.75) is 30.6 Å². The van der Waals surface area contributed by atoms with E-state index in [2.05, 4.69) is 0 Å². The minimum atomic E-state index is -3.61. The fourth-order valence-corrected chi connectivity index (χ4v) is 5.23. The molecule has 1 fully saturated rings. The molecular formula is C19H20N2O3S. The quantitative estimate of drug-likeness (QED) is 0.849. The van der Waals surface area contributed by atoms with Gasteiger partial charge < -0.3 is 4.90 Å². The summed E-state index contributed by atoms with van der Waals surface area (Å²) in [5.41, 5.74) is 2.58. The van der Waals surface area contributed by atoms with E-state index in [4.69, 9.17) is 0 Å². The lowest BCUT2D eigenvalue weighted by Crippen LogP contribution is -2.30. The van der Waals surface area contributed by atoms with E-state index in [-0.39, 0.29) is 16.7 Å². The summed E-state index contributed by atoms with van der Waals surface area (Å²) in [5.74, 6) is 0.269. The summed E-state index contributed by atoms with van der Waals surface area (Å²) >= 11 is 0. The summed E-state index contributed by atoms with van der Waals surface area (Å²) in [6.45, 7) is 3.19. The second kappa shape index (κ2) is 5.88. The van der Waals surface area contributed by atoms with E-state index in [1.807, 2.05) is 31.2 Å². The van der Waals surface area contributed by atoms with Crippen LogP contribution in [0.25, 0.3) is 0 Å². The number of carbonyl (C=O) groups excluding carboxylic acids is 1. The molecule has 2 aliphatic heterocycles. The number of sulfonamides is 1. The first-order valence-corrected chi connectivity index (χ1v) is 9.94. The number of hydrogen-bond acceptors (Lipinski definition) is 3. The van der Waals surface area contributed by atoms with Crippen LogP contribution in [0.3, 0.4) is 0 Å². The number of amides is 1. The monoisotopic (exact) mass is 356 g/mol. The number of carbonyl (C=O) groups is 1. The Bertz CT molecular complexity index is 922. The van der Waals surface area contributed by atoms with Crippen LogP contribution in [-0.2, 0) is 14.8 Å². The van der Waals surface area contributed by atoms with Crippen LogP contribution in [0.2, 0.25) is 0 Å². The summed E-state index contributed by atoms with van der Waals surface area (Å²) in [4.78, 5) is 13.8. The van der Waals surface area contributed by atoms with Crippen LogP contribution in [0.15, 0.2) is 53.4 Å². The largest absolute Gasteiger partial charge is 0.312 e. The zero-order valence-electron chi connectivity index (χ0n) is 14.1. The van der Waals surface area contributed by atoms with Crippen molar-refractivity contribution >= 4 is 27.3 Å². The van der Waals surface area contributed by atoms with E-state index in [1.54, 1.807) is 29.2 Å². The smallest absolute Gasteiger partial charge is 0.264 e. The second-order valence-corrected chi connectivity index (χ2v) is 8.50. The molecule has 0 N–H and O–H groups in total. The van der Waals surface area contributed by atoms with Gasteiger partial charge in [-0.15, -0.1) is 0 Å². The Balaban J connectivity index is 1.66. The maximum atomic E-state index is 13.1. The van der Waals surface area contributed by atoms with Crippen LogP contribution < -0.4 is 9.21 Å². The minimum Gasteiger partial charge on any atom is -0.312 e. The average Bonchev–Trinajstić information content (AvgIpc) is 3.19. The van der Waals surface area contributed by atoms with Gasteiger partial charge in [0.05, 0.1) is 10.6 Å². The van der Waals surface area contributed by atoms with Crippen molar-refractivity contribution in [2.75, 3.05) is 22.3 Å². The first kappa shape index (κ1) is 16.1. The molecule has 4 rings (SSSR count). The molecule has 1 saturated heterocycles. The Kier molecular flexibility index (Phi) is 3.80. The zero-order chi connectivity index (χ0) is 17.6. The van der Waals surface area contributed by atoms with E-state index in [0.717, 1.165) is 23.4 Å². The fraction of sp³-hybridized carbons (Fsp3) is 0.316. The molecule has 2 aromatic rings. The van der Waals surface area contributed by atoms with E-state index < -0.39 is 10.0 Å². The molecule has 0 radical (unpaired) electrons. The summed E-state index contributed by atoms with van der Waals surface area (Å²) in [6.07, 6.45) is 1.41. The molecule has 0 bridgehead atoms. The van der Waals surface area contributed by atoms with Crippen LogP contribution >= 0.6 is 0 Å². The average molecular weight is 356 g/mol. The van der Waals surface area contributed by atoms with Gasteiger partial charge in [0.1, 0.15) is 0 Å². The lowest BCUT2D eigenvalue weighted by atomic mass is 10.0. The Morgan fingerprint density at radius 3 is 2.44 bits per heavy atom.